The molecule has 316 valence electrons. The maximum atomic E-state index is 14.3. The largest absolute Gasteiger partial charge is 0.530 e. The summed E-state index contributed by atoms with van der Waals surface area (Å²) in [6, 6.07) is 41.4. The highest BCUT2D eigenvalue weighted by Gasteiger charge is 2.52. The quantitative estimate of drug-likeness (QED) is 0.0539. The Balaban J connectivity index is 1.15. The number of carbonyl (C=O) groups excluding carboxylic acids is 1. The summed E-state index contributed by atoms with van der Waals surface area (Å²) >= 11 is 0. The molecule has 6 aromatic rings. The predicted molar refractivity (Wildman–Crippen MR) is 225 cm³/mol. The molecular formula is C46H45N2O12P. The molecule has 0 bridgehead atoms. The summed E-state index contributed by atoms with van der Waals surface area (Å²) in [6.45, 7) is 1.92. The number of hydrogen-bond acceptors (Lipinski definition) is 12. The van der Waals surface area contributed by atoms with E-state index < -0.39 is 55.2 Å². The summed E-state index contributed by atoms with van der Waals surface area (Å²) in [4.78, 5) is 40.4. The number of aromatic amines is 1. The highest BCUT2D eigenvalue weighted by Crippen LogP contribution is 2.53. The highest BCUT2D eigenvalue weighted by molar-refractivity contribution is 7.48. The SMILES string of the molecule is CC[C@H]1O[C@@H](n2ccc(=O)[nH]c2=O)C(OC(=O)c2ccccc2)C1OP(=O)(OC)Oc1ccc(COC(c2ccccc2)(c2ccc(OC)cc2)c2ccc(OC)cc2)cc1. The summed E-state index contributed by atoms with van der Waals surface area (Å²) in [5.74, 6) is 0.800. The Bertz CT molecular complexity index is 2500. The molecule has 1 aliphatic heterocycles. The van der Waals surface area contributed by atoms with Crippen molar-refractivity contribution in [3.63, 3.8) is 0 Å². The highest BCUT2D eigenvalue weighted by atomic mass is 31.2. The Labute approximate surface area is 352 Å². The van der Waals surface area contributed by atoms with Crippen LogP contribution < -0.4 is 25.2 Å². The first kappa shape index (κ1) is 42.8. The smallest absolute Gasteiger partial charge is 0.497 e. The lowest BCUT2D eigenvalue weighted by Gasteiger charge is -2.36. The number of phosphoric ester groups is 1. The molecule has 1 fully saturated rings. The molecule has 1 aliphatic rings. The topological polar surface area (TPSA) is 163 Å². The zero-order chi connectivity index (χ0) is 43.0. The molecule has 1 saturated heterocycles. The Morgan fingerprint density at radius 2 is 1.28 bits per heavy atom. The van der Waals surface area contributed by atoms with Crippen molar-refractivity contribution in [3.8, 4) is 17.2 Å². The Morgan fingerprint density at radius 1 is 0.721 bits per heavy atom. The first-order valence-electron chi connectivity index (χ1n) is 19.4. The minimum atomic E-state index is -4.47. The maximum absolute atomic E-state index is 14.3. The molecular weight excluding hydrogens is 803 g/mol. The van der Waals surface area contributed by atoms with Gasteiger partial charge in [-0.2, -0.15) is 0 Å². The van der Waals surface area contributed by atoms with Gasteiger partial charge in [0.1, 0.15) is 29.0 Å². The van der Waals surface area contributed by atoms with Crippen molar-refractivity contribution in [2.24, 2.45) is 0 Å². The van der Waals surface area contributed by atoms with Crippen LogP contribution in [0.15, 0.2) is 155 Å². The fourth-order valence-electron chi connectivity index (χ4n) is 7.20. The van der Waals surface area contributed by atoms with Crippen LogP contribution in [-0.2, 0) is 40.0 Å². The second-order valence-corrected chi connectivity index (χ2v) is 15.6. The van der Waals surface area contributed by atoms with E-state index in [4.69, 9.17) is 37.3 Å². The monoisotopic (exact) mass is 848 g/mol. The standard InChI is InChI=1S/C46H45N2O12P/c1-5-39-41(42(58-44(50)32-12-8-6-9-13-32)43(57-39)48-29-28-40(49)47-45(48)51)60-61(52,55-4)59-38-22-16-31(17-23-38)30-56-46(33-14-10-7-11-15-33,34-18-24-36(53-2)25-19-34)35-20-26-37(54-3)27-21-35/h6-29,39,41-43H,5,30H2,1-4H3,(H,47,49,51)/t39-,41?,42?,43-,61?/m1/s1. The third-order valence-electron chi connectivity index (χ3n) is 10.3. The van der Waals surface area contributed by atoms with Gasteiger partial charge in [0.2, 0.25) is 0 Å². The third-order valence-corrected chi connectivity index (χ3v) is 11.7. The van der Waals surface area contributed by atoms with Gasteiger partial charge in [-0.15, -0.1) is 0 Å². The predicted octanol–water partition coefficient (Wildman–Crippen LogP) is 7.81. The molecule has 61 heavy (non-hydrogen) atoms. The van der Waals surface area contributed by atoms with Gasteiger partial charge in [0.05, 0.1) is 32.5 Å². The van der Waals surface area contributed by atoms with E-state index in [0.29, 0.717) is 11.5 Å². The number of aromatic nitrogens is 2. The van der Waals surface area contributed by atoms with E-state index in [-0.39, 0.29) is 24.3 Å². The number of hydrogen-bond donors (Lipinski definition) is 1. The molecule has 7 rings (SSSR count). The van der Waals surface area contributed by atoms with Crippen molar-refractivity contribution < 1.29 is 46.6 Å². The average Bonchev–Trinajstić information content (AvgIpc) is 3.63. The van der Waals surface area contributed by atoms with Crippen molar-refractivity contribution in [2.75, 3.05) is 21.3 Å². The van der Waals surface area contributed by atoms with Gasteiger partial charge in [-0.1, -0.05) is 91.9 Å². The van der Waals surface area contributed by atoms with Gasteiger partial charge in [0.25, 0.3) is 5.56 Å². The number of rotatable bonds is 17. The number of carbonyl (C=O) groups is 1. The van der Waals surface area contributed by atoms with Crippen LogP contribution in [-0.4, -0.2) is 55.2 Å². The fourth-order valence-corrected chi connectivity index (χ4v) is 8.34. The van der Waals surface area contributed by atoms with Crippen LogP contribution >= 0.6 is 7.82 Å². The average molecular weight is 849 g/mol. The van der Waals surface area contributed by atoms with Gasteiger partial charge < -0.3 is 28.2 Å². The van der Waals surface area contributed by atoms with Crippen LogP contribution in [0.4, 0.5) is 0 Å². The van der Waals surface area contributed by atoms with Crippen LogP contribution in [0.1, 0.15) is 52.2 Å². The summed E-state index contributed by atoms with van der Waals surface area (Å²) in [5, 5.41) is 0. The Morgan fingerprint density at radius 3 is 1.82 bits per heavy atom. The molecule has 1 N–H and O–H groups in total. The number of H-pyrrole nitrogens is 1. The van der Waals surface area contributed by atoms with E-state index in [2.05, 4.69) is 4.98 Å². The molecule has 2 heterocycles. The second kappa shape index (κ2) is 19.0. The zero-order valence-corrected chi connectivity index (χ0v) is 34.8. The van der Waals surface area contributed by atoms with Crippen molar-refractivity contribution in [1.29, 1.82) is 0 Å². The van der Waals surface area contributed by atoms with E-state index in [9.17, 15) is 18.9 Å². The number of methoxy groups -OCH3 is 2. The van der Waals surface area contributed by atoms with E-state index >= 15 is 0 Å². The molecule has 0 spiro atoms. The Hall–Kier alpha value is -6.28. The normalized spacial score (nSPS) is 18.5. The molecule has 14 nitrogen and oxygen atoms in total. The van der Waals surface area contributed by atoms with Crippen LogP contribution in [0.3, 0.4) is 0 Å². The molecule has 3 unspecified atom stereocenters. The summed E-state index contributed by atoms with van der Waals surface area (Å²) in [7, 11) is -0.0752. The molecule has 1 aromatic heterocycles. The first-order valence-corrected chi connectivity index (χ1v) is 20.9. The lowest BCUT2D eigenvalue weighted by atomic mass is 9.80. The maximum Gasteiger partial charge on any atom is 0.530 e. The number of ether oxygens (including phenoxy) is 5. The zero-order valence-electron chi connectivity index (χ0n) is 33.9. The van der Waals surface area contributed by atoms with Crippen LogP contribution in [0, 0.1) is 0 Å². The van der Waals surface area contributed by atoms with Gasteiger partial charge in [0.15, 0.2) is 12.3 Å². The fraction of sp³-hybridized carbons (Fsp3) is 0.239. The second-order valence-electron chi connectivity index (χ2n) is 14.0. The van der Waals surface area contributed by atoms with E-state index in [1.807, 2.05) is 78.9 Å². The number of benzene rings is 5. The van der Waals surface area contributed by atoms with E-state index in [1.165, 1.54) is 6.20 Å². The lowest BCUT2D eigenvalue weighted by Crippen LogP contribution is -2.41. The summed E-state index contributed by atoms with van der Waals surface area (Å²) < 4.78 is 62.8. The first-order chi connectivity index (χ1) is 29.6. The number of nitrogens with zero attached hydrogens (tertiary/aromatic N) is 1. The minimum Gasteiger partial charge on any atom is -0.497 e. The van der Waals surface area contributed by atoms with E-state index in [1.54, 1.807) is 75.7 Å². The van der Waals surface area contributed by atoms with Crippen molar-refractivity contribution in [2.45, 2.75) is 50.1 Å². The van der Waals surface area contributed by atoms with Crippen LogP contribution in [0.5, 0.6) is 17.2 Å². The van der Waals surface area contributed by atoms with Gasteiger partial charge in [-0.25, -0.2) is 14.2 Å². The van der Waals surface area contributed by atoms with Gasteiger partial charge in [0, 0.05) is 19.4 Å². The minimum absolute atomic E-state index is 0.142. The Kier molecular flexibility index (Phi) is 13.3. The molecule has 5 aromatic carbocycles. The van der Waals surface area contributed by atoms with Crippen LogP contribution in [0.25, 0.3) is 0 Å². The number of nitrogens with one attached hydrogen (secondary N) is 1. The van der Waals surface area contributed by atoms with Crippen molar-refractivity contribution in [1.82, 2.24) is 9.55 Å². The van der Waals surface area contributed by atoms with Crippen molar-refractivity contribution in [3.05, 3.63) is 194 Å². The van der Waals surface area contributed by atoms with E-state index in [0.717, 1.165) is 40.0 Å². The summed E-state index contributed by atoms with van der Waals surface area (Å²) in [6.07, 6.45) is -3.20. The van der Waals surface area contributed by atoms with Crippen molar-refractivity contribution >= 4 is 13.8 Å². The molecule has 5 atom stereocenters. The number of phosphoric acid groups is 1. The lowest BCUT2D eigenvalue weighted by molar-refractivity contribution is -0.0518. The molecule has 0 amide bonds. The van der Waals surface area contributed by atoms with Gasteiger partial charge in [-0.3, -0.25) is 23.4 Å². The molecule has 0 saturated carbocycles. The molecule has 0 radical (unpaired) electrons. The molecule has 0 aliphatic carbocycles. The number of esters is 1. The summed E-state index contributed by atoms with van der Waals surface area (Å²) in [5.41, 5.74) is 1.11. The third kappa shape index (κ3) is 9.39. The van der Waals surface area contributed by atoms with Gasteiger partial charge in [-0.05, 0) is 77.2 Å². The molecule has 15 heteroatoms. The van der Waals surface area contributed by atoms with Crippen LogP contribution in [0.2, 0.25) is 0 Å². The van der Waals surface area contributed by atoms with Gasteiger partial charge >= 0.3 is 19.5 Å².